The molecule has 2 unspecified atom stereocenters. The lowest BCUT2D eigenvalue weighted by Crippen LogP contribution is -2.42. The van der Waals surface area contributed by atoms with Gasteiger partial charge >= 0.3 is 0 Å². The number of carbonyl (C=O) groups is 1. The minimum absolute atomic E-state index is 0.0210. The third-order valence-electron chi connectivity index (χ3n) is 4.11. The van der Waals surface area contributed by atoms with Crippen molar-refractivity contribution < 1.29 is 13.2 Å². The van der Waals surface area contributed by atoms with Crippen molar-refractivity contribution in [3.63, 3.8) is 0 Å². The quantitative estimate of drug-likeness (QED) is 0.760. The maximum Gasteiger partial charge on any atom is 0.243 e. The smallest absolute Gasteiger partial charge is 0.243 e. The van der Waals surface area contributed by atoms with Gasteiger partial charge in [-0.1, -0.05) is 26.0 Å². The van der Waals surface area contributed by atoms with Gasteiger partial charge in [-0.3, -0.25) is 10.1 Å². The van der Waals surface area contributed by atoms with Crippen molar-refractivity contribution in [1.82, 2.24) is 14.9 Å². The lowest BCUT2D eigenvalue weighted by molar-refractivity contribution is -0.123. The van der Waals surface area contributed by atoms with E-state index in [0.717, 1.165) is 17.2 Å². The molecule has 1 aliphatic rings. The number of amides is 1. The topological polar surface area (TPSA) is 78.5 Å². The summed E-state index contributed by atoms with van der Waals surface area (Å²) in [5, 5.41) is 6.10. The molecule has 1 saturated heterocycles. The largest absolute Gasteiger partial charge is 0.348 e. The van der Waals surface area contributed by atoms with Crippen LogP contribution in [0.2, 0.25) is 0 Å². The Balaban J connectivity index is 2.07. The van der Waals surface area contributed by atoms with E-state index < -0.39 is 10.0 Å². The van der Waals surface area contributed by atoms with Crippen LogP contribution >= 0.6 is 11.8 Å². The van der Waals surface area contributed by atoms with Crippen LogP contribution in [0.15, 0.2) is 29.2 Å². The lowest BCUT2D eigenvalue weighted by Gasteiger charge is -2.20. The summed E-state index contributed by atoms with van der Waals surface area (Å²) in [7, 11) is -3.45. The summed E-state index contributed by atoms with van der Waals surface area (Å²) >= 11 is 1.70. The van der Waals surface area contributed by atoms with E-state index in [4.69, 9.17) is 0 Å². The van der Waals surface area contributed by atoms with Crippen LogP contribution in [-0.4, -0.2) is 49.4 Å². The standard InChI is InChI=1S/C16H25N3O3S2/c1-4-19(5-2)24(21,22)14-8-6-13(7-9-14)12(3)18-16(20)15-10-23-11-17-15/h6-9,12,15,17H,4-5,10-11H2,1-3H3,(H,18,20). The summed E-state index contributed by atoms with van der Waals surface area (Å²) in [6, 6.07) is 6.41. The van der Waals surface area contributed by atoms with Crippen LogP contribution in [0.5, 0.6) is 0 Å². The Morgan fingerprint density at radius 2 is 1.96 bits per heavy atom. The van der Waals surface area contributed by atoms with Gasteiger partial charge in [0.05, 0.1) is 17.0 Å². The monoisotopic (exact) mass is 371 g/mol. The first-order chi connectivity index (χ1) is 11.4. The van der Waals surface area contributed by atoms with Gasteiger partial charge < -0.3 is 5.32 Å². The Bertz CT molecular complexity index is 652. The molecule has 0 spiro atoms. The van der Waals surface area contributed by atoms with Crippen LogP contribution in [0.1, 0.15) is 32.4 Å². The molecule has 1 aromatic carbocycles. The molecular weight excluding hydrogens is 346 g/mol. The summed E-state index contributed by atoms with van der Waals surface area (Å²) < 4.78 is 26.4. The number of hydrogen-bond donors (Lipinski definition) is 2. The van der Waals surface area contributed by atoms with Crippen molar-refractivity contribution in [3.8, 4) is 0 Å². The number of sulfonamides is 1. The van der Waals surface area contributed by atoms with E-state index in [1.807, 2.05) is 20.8 Å². The highest BCUT2D eigenvalue weighted by Crippen LogP contribution is 2.20. The number of carbonyl (C=O) groups excluding carboxylic acids is 1. The van der Waals surface area contributed by atoms with Crippen molar-refractivity contribution in [3.05, 3.63) is 29.8 Å². The fourth-order valence-electron chi connectivity index (χ4n) is 2.60. The average molecular weight is 372 g/mol. The molecule has 0 aromatic heterocycles. The molecular formula is C16H25N3O3S2. The van der Waals surface area contributed by atoms with Gasteiger partial charge in [0.2, 0.25) is 15.9 Å². The number of nitrogens with zero attached hydrogens (tertiary/aromatic N) is 1. The molecule has 0 aliphatic carbocycles. The second kappa shape index (κ2) is 8.33. The number of thioether (sulfide) groups is 1. The second-order valence-corrected chi connectivity index (χ2v) is 8.63. The molecule has 6 nitrogen and oxygen atoms in total. The molecule has 0 saturated carbocycles. The van der Waals surface area contributed by atoms with Gasteiger partial charge in [-0.05, 0) is 24.6 Å². The third-order valence-corrected chi connectivity index (χ3v) is 7.12. The Morgan fingerprint density at radius 3 is 2.46 bits per heavy atom. The number of hydrogen-bond acceptors (Lipinski definition) is 5. The van der Waals surface area contributed by atoms with Gasteiger partial charge in [-0.25, -0.2) is 8.42 Å². The summed E-state index contributed by atoms with van der Waals surface area (Å²) in [4.78, 5) is 12.4. The van der Waals surface area contributed by atoms with E-state index in [0.29, 0.717) is 13.1 Å². The first-order valence-corrected chi connectivity index (χ1v) is 10.7. The molecule has 0 radical (unpaired) electrons. The normalized spacial score (nSPS) is 19.4. The molecule has 134 valence electrons. The van der Waals surface area contributed by atoms with Crippen molar-refractivity contribution in [1.29, 1.82) is 0 Å². The number of nitrogens with one attached hydrogen (secondary N) is 2. The van der Waals surface area contributed by atoms with Crippen LogP contribution in [0.25, 0.3) is 0 Å². The number of benzene rings is 1. The van der Waals surface area contributed by atoms with Gasteiger partial charge in [0.1, 0.15) is 0 Å². The third kappa shape index (κ3) is 4.30. The van der Waals surface area contributed by atoms with Crippen molar-refractivity contribution in [2.45, 2.75) is 37.8 Å². The molecule has 2 rings (SSSR count). The molecule has 2 atom stereocenters. The average Bonchev–Trinajstić information content (AvgIpc) is 3.10. The van der Waals surface area contributed by atoms with Gasteiger partial charge in [0, 0.05) is 24.7 Å². The zero-order chi connectivity index (χ0) is 17.7. The molecule has 1 amide bonds. The van der Waals surface area contributed by atoms with Crippen molar-refractivity contribution in [2.24, 2.45) is 0 Å². The molecule has 0 bridgehead atoms. The fourth-order valence-corrected chi connectivity index (χ4v) is 5.00. The first-order valence-electron chi connectivity index (χ1n) is 8.11. The molecule has 24 heavy (non-hydrogen) atoms. The second-order valence-electron chi connectivity index (χ2n) is 5.66. The summed E-state index contributed by atoms with van der Waals surface area (Å²) in [6.45, 7) is 6.43. The molecule has 2 N–H and O–H groups in total. The summed E-state index contributed by atoms with van der Waals surface area (Å²) in [6.07, 6.45) is 0. The van der Waals surface area contributed by atoms with Gasteiger partial charge in [0.25, 0.3) is 0 Å². The molecule has 8 heteroatoms. The number of rotatable bonds is 7. The zero-order valence-electron chi connectivity index (χ0n) is 14.3. The Morgan fingerprint density at radius 1 is 1.33 bits per heavy atom. The van der Waals surface area contributed by atoms with Crippen molar-refractivity contribution >= 4 is 27.7 Å². The Hall–Kier alpha value is -1.09. The fraction of sp³-hybridized carbons (Fsp3) is 0.562. The Kier molecular flexibility index (Phi) is 6.68. The highest BCUT2D eigenvalue weighted by Gasteiger charge is 2.24. The maximum atomic E-state index is 12.5. The van der Waals surface area contributed by atoms with Crippen molar-refractivity contribution in [2.75, 3.05) is 24.7 Å². The predicted molar refractivity (Wildman–Crippen MR) is 97.4 cm³/mol. The van der Waals surface area contributed by atoms with E-state index in [1.54, 1.807) is 36.0 Å². The molecule has 1 aliphatic heterocycles. The van der Waals surface area contributed by atoms with E-state index in [-0.39, 0.29) is 22.9 Å². The van der Waals surface area contributed by atoms with Crippen LogP contribution < -0.4 is 10.6 Å². The van der Waals surface area contributed by atoms with Crippen LogP contribution in [0.4, 0.5) is 0 Å². The van der Waals surface area contributed by atoms with E-state index in [1.165, 1.54) is 4.31 Å². The van der Waals surface area contributed by atoms with Gasteiger partial charge in [-0.15, -0.1) is 11.8 Å². The maximum absolute atomic E-state index is 12.5. The minimum Gasteiger partial charge on any atom is -0.348 e. The lowest BCUT2D eigenvalue weighted by atomic mass is 10.1. The van der Waals surface area contributed by atoms with Crippen LogP contribution in [0.3, 0.4) is 0 Å². The SMILES string of the molecule is CCN(CC)S(=O)(=O)c1ccc(C(C)NC(=O)C2CSCN2)cc1. The van der Waals surface area contributed by atoms with E-state index in [9.17, 15) is 13.2 Å². The molecule has 1 aromatic rings. The van der Waals surface area contributed by atoms with Gasteiger partial charge in [-0.2, -0.15) is 4.31 Å². The minimum atomic E-state index is -3.45. The summed E-state index contributed by atoms with van der Waals surface area (Å²) in [5.41, 5.74) is 0.882. The van der Waals surface area contributed by atoms with E-state index in [2.05, 4.69) is 10.6 Å². The Labute approximate surface area is 148 Å². The summed E-state index contributed by atoms with van der Waals surface area (Å²) in [5.74, 6) is 1.55. The zero-order valence-corrected chi connectivity index (χ0v) is 15.9. The first kappa shape index (κ1) is 19.2. The molecule has 1 heterocycles. The highest BCUT2D eigenvalue weighted by molar-refractivity contribution is 7.99. The van der Waals surface area contributed by atoms with Gasteiger partial charge in [0.15, 0.2) is 0 Å². The van der Waals surface area contributed by atoms with Crippen LogP contribution in [0, 0.1) is 0 Å². The van der Waals surface area contributed by atoms with Crippen LogP contribution in [-0.2, 0) is 14.8 Å². The molecule has 1 fully saturated rings. The predicted octanol–water partition coefficient (Wildman–Crippen LogP) is 1.56. The highest BCUT2D eigenvalue weighted by atomic mass is 32.2. The van der Waals surface area contributed by atoms with E-state index >= 15 is 0 Å².